The number of esters is 1. The number of aliphatic hydroxyl groups is 1. The Morgan fingerprint density at radius 1 is 1.41 bits per heavy atom. The topological polar surface area (TPSA) is 46.5 Å². The summed E-state index contributed by atoms with van der Waals surface area (Å²) in [7, 11) is 0. The second-order valence-corrected chi connectivity index (χ2v) is 4.89. The second kappa shape index (κ2) is 6.17. The molecule has 17 heavy (non-hydrogen) atoms. The van der Waals surface area contributed by atoms with E-state index in [0.29, 0.717) is 6.61 Å². The molecule has 0 aromatic heterocycles. The monoisotopic (exact) mass is 300 g/mol. The van der Waals surface area contributed by atoms with Crippen LogP contribution in [0.2, 0.25) is 0 Å². The second-order valence-electron chi connectivity index (χ2n) is 3.98. The Balaban J connectivity index is 2.89. The maximum absolute atomic E-state index is 11.3. The molecule has 0 saturated carbocycles. The molecule has 0 aliphatic rings. The molecule has 1 rings (SSSR count). The molecule has 3 nitrogen and oxygen atoms in total. The summed E-state index contributed by atoms with van der Waals surface area (Å²) in [6.45, 7) is 5.92. The van der Waals surface area contributed by atoms with Crippen molar-refractivity contribution in [2.45, 2.75) is 33.3 Å². The van der Waals surface area contributed by atoms with E-state index in [-0.39, 0.29) is 12.4 Å². The number of aliphatic hydroxyl groups excluding tert-OH is 1. The molecule has 4 heteroatoms. The summed E-state index contributed by atoms with van der Waals surface area (Å²) >= 11 is 3.40. The van der Waals surface area contributed by atoms with Crippen molar-refractivity contribution < 1.29 is 14.6 Å². The Morgan fingerprint density at radius 3 is 2.41 bits per heavy atom. The summed E-state index contributed by atoms with van der Waals surface area (Å²) in [5, 5.41) is 10.1. The van der Waals surface area contributed by atoms with E-state index in [1.54, 1.807) is 6.92 Å². The standard InChI is InChI=1S/C13H17BrO3/c1-4-17-12(16)7-11(15)13-8(2)5-10(14)6-9(13)3/h5-6,11,15H,4,7H2,1-3H3. The first-order chi connectivity index (χ1) is 7.95. The molecule has 1 aromatic carbocycles. The van der Waals surface area contributed by atoms with Gasteiger partial charge < -0.3 is 9.84 Å². The molecule has 0 fully saturated rings. The quantitative estimate of drug-likeness (QED) is 0.869. The molecular weight excluding hydrogens is 284 g/mol. The fourth-order valence-electron chi connectivity index (χ4n) is 1.93. The van der Waals surface area contributed by atoms with Crippen LogP contribution in [0, 0.1) is 13.8 Å². The Morgan fingerprint density at radius 2 is 1.94 bits per heavy atom. The molecule has 1 aromatic rings. The van der Waals surface area contributed by atoms with Gasteiger partial charge in [0.15, 0.2) is 0 Å². The number of hydrogen-bond acceptors (Lipinski definition) is 3. The summed E-state index contributed by atoms with van der Waals surface area (Å²) in [6.07, 6.45) is -0.806. The van der Waals surface area contributed by atoms with Crippen LogP contribution in [0.25, 0.3) is 0 Å². The first-order valence-corrected chi connectivity index (χ1v) is 6.35. The van der Waals surface area contributed by atoms with Gasteiger partial charge in [-0.15, -0.1) is 0 Å². The summed E-state index contributed by atoms with van der Waals surface area (Å²) in [5.74, 6) is -0.373. The maximum Gasteiger partial charge on any atom is 0.308 e. The third kappa shape index (κ3) is 3.82. The molecule has 0 aliphatic carbocycles. The van der Waals surface area contributed by atoms with Crippen molar-refractivity contribution in [3.05, 3.63) is 33.3 Å². The van der Waals surface area contributed by atoms with E-state index in [0.717, 1.165) is 21.2 Å². The van der Waals surface area contributed by atoms with Crippen molar-refractivity contribution in [1.82, 2.24) is 0 Å². The van der Waals surface area contributed by atoms with E-state index >= 15 is 0 Å². The molecule has 0 spiro atoms. The number of rotatable bonds is 4. The van der Waals surface area contributed by atoms with Gasteiger partial charge in [-0.3, -0.25) is 4.79 Å². The van der Waals surface area contributed by atoms with Crippen molar-refractivity contribution in [2.75, 3.05) is 6.61 Å². The zero-order valence-corrected chi connectivity index (χ0v) is 11.9. The van der Waals surface area contributed by atoms with Gasteiger partial charge in [-0.05, 0) is 49.6 Å². The molecule has 0 bridgehead atoms. The highest BCUT2D eigenvalue weighted by Gasteiger charge is 2.18. The molecule has 1 atom stereocenters. The van der Waals surface area contributed by atoms with E-state index in [2.05, 4.69) is 15.9 Å². The lowest BCUT2D eigenvalue weighted by Gasteiger charge is -2.16. The molecule has 94 valence electrons. The molecule has 0 radical (unpaired) electrons. The Hall–Kier alpha value is -0.870. The highest BCUT2D eigenvalue weighted by Crippen LogP contribution is 2.28. The number of carbonyl (C=O) groups excluding carboxylic acids is 1. The van der Waals surface area contributed by atoms with Crippen molar-refractivity contribution >= 4 is 21.9 Å². The van der Waals surface area contributed by atoms with Crippen LogP contribution < -0.4 is 0 Å². The third-order valence-corrected chi connectivity index (χ3v) is 3.01. The number of hydrogen-bond donors (Lipinski definition) is 1. The van der Waals surface area contributed by atoms with Gasteiger partial charge in [-0.1, -0.05) is 15.9 Å². The lowest BCUT2D eigenvalue weighted by atomic mass is 9.96. The number of benzene rings is 1. The van der Waals surface area contributed by atoms with Crippen LogP contribution in [0.3, 0.4) is 0 Å². The average Bonchev–Trinajstić information content (AvgIpc) is 2.15. The summed E-state index contributed by atoms with van der Waals surface area (Å²) in [6, 6.07) is 3.85. The van der Waals surface area contributed by atoms with Gasteiger partial charge in [0.2, 0.25) is 0 Å². The van der Waals surface area contributed by atoms with Crippen molar-refractivity contribution in [3.8, 4) is 0 Å². The Kier molecular flexibility index (Phi) is 5.15. The first kappa shape index (κ1) is 14.2. The molecule has 0 saturated heterocycles. The predicted molar refractivity (Wildman–Crippen MR) is 69.8 cm³/mol. The lowest BCUT2D eigenvalue weighted by Crippen LogP contribution is -2.12. The predicted octanol–water partition coefficient (Wildman–Crippen LogP) is 3.05. The smallest absolute Gasteiger partial charge is 0.308 e. The minimum absolute atomic E-state index is 0.00283. The van der Waals surface area contributed by atoms with Gasteiger partial charge in [0, 0.05) is 4.47 Å². The molecule has 0 amide bonds. The summed E-state index contributed by atoms with van der Waals surface area (Å²) in [5.41, 5.74) is 2.74. The molecule has 0 heterocycles. The van der Waals surface area contributed by atoms with E-state index in [1.165, 1.54) is 0 Å². The van der Waals surface area contributed by atoms with Gasteiger partial charge in [-0.25, -0.2) is 0 Å². The average molecular weight is 301 g/mol. The molecule has 1 unspecified atom stereocenters. The van der Waals surface area contributed by atoms with Gasteiger partial charge in [0.1, 0.15) is 0 Å². The molecule has 1 N–H and O–H groups in total. The highest BCUT2D eigenvalue weighted by molar-refractivity contribution is 9.10. The van der Waals surface area contributed by atoms with E-state index in [1.807, 2.05) is 26.0 Å². The Bertz CT molecular complexity index is 392. The number of aryl methyl sites for hydroxylation is 2. The number of carbonyl (C=O) groups is 1. The first-order valence-electron chi connectivity index (χ1n) is 5.56. The number of halogens is 1. The van der Waals surface area contributed by atoms with Crippen LogP contribution in [-0.4, -0.2) is 17.7 Å². The van der Waals surface area contributed by atoms with Gasteiger partial charge in [0.25, 0.3) is 0 Å². The van der Waals surface area contributed by atoms with E-state index < -0.39 is 6.10 Å². The number of ether oxygens (including phenoxy) is 1. The van der Waals surface area contributed by atoms with Crippen molar-refractivity contribution in [3.63, 3.8) is 0 Å². The SMILES string of the molecule is CCOC(=O)CC(O)c1c(C)cc(Br)cc1C. The fourth-order valence-corrected chi connectivity index (χ4v) is 2.61. The van der Waals surface area contributed by atoms with Crippen LogP contribution in [0.1, 0.15) is 36.1 Å². The van der Waals surface area contributed by atoms with Crippen LogP contribution in [-0.2, 0) is 9.53 Å². The minimum atomic E-state index is -0.804. The van der Waals surface area contributed by atoms with Gasteiger partial charge >= 0.3 is 5.97 Å². The lowest BCUT2D eigenvalue weighted by molar-refractivity contribution is -0.145. The Labute approximate surface area is 110 Å². The van der Waals surface area contributed by atoms with Crippen molar-refractivity contribution in [1.29, 1.82) is 0 Å². The molecular formula is C13H17BrO3. The summed E-state index contributed by atoms with van der Waals surface area (Å²) in [4.78, 5) is 11.3. The minimum Gasteiger partial charge on any atom is -0.466 e. The zero-order valence-electron chi connectivity index (χ0n) is 10.3. The zero-order chi connectivity index (χ0) is 13.0. The normalized spacial score (nSPS) is 12.3. The van der Waals surface area contributed by atoms with Gasteiger partial charge in [0.05, 0.1) is 19.1 Å². The van der Waals surface area contributed by atoms with E-state index in [4.69, 9.17) is 4.74 Å². The largest absolute Gasteiger partial charge is 0.466 e. The van der Waals surface area contributed by atoms with Crippen LogP contribution >= 0.6 is 15.9 Å². The van der Waals surface area contributed by atoms with Crippen LogP contribution in [0.5, 0.6) is 0 Å². The third-order valence-electron chi connectivity index (χ3n) is 2.56. The van der Waals surface area contributed by atoms with Crippen LogP contribution in [0.4, 0.5) is 0 Å². The molecule has 0 aliphatic heterocycles. The fraction of sp³-hybridized carbons (Fsp3) is 0.462. The summed E-state index contributed by atoms with van der Waals surface area (Å²) < 4.78 is 5.80. The van der Waals surface area contributed by atoms with Gasteiger partial charge in [-0.2, -0.15) is 0 Å². The van der Waals surface area contributed by atoms with Crippen LogP contribution in [0.15, 0.2) is 16.6 Å². The highest BCUT2D eigenvalue weighted by atomic mass is 79.9. The maximum atomic E-state index is 11.3. The van der Waals surface area contributed by atoms with Crippen molar-refractivity contribution in [2.24, 2.45) is 0 Å². The van der Waals surface area contributed by atoms with E-state index in [9.17, 15) is 9.90 Å².